The summed E-state index contributed by atoms with van der Waals surface area (Å²) >= 11 is 0. The molecule has 0 radical (unpaired) electrons. The van der Waals surface area contributed by atoms with Crippen molar-refractivity contribution in [1.29, 1.82) is 0 Å². The molecule has 0 spiro atoms. The van der Waals surface area contributed by atoms with Crippen LogP contribution < -0.4 is 4.74 Å². The second-order valence-corrected chi connectivity index (χ2v) is 3.96. The molecule has 0 saturated carbocycles. The van der Waals surface area contributed by atoms with Gasteiger partial charge >= 0.3 is 5.97 Å². The predicted octanol–water partition coefficient (Wildman–Crippen LogP) is 1.95. The van der Waals surface area contributed by atoms with Gasteiger partial charge in [0.05, 0.1) is 20.3 Å². The van der Waals surface area contributed by atoms with E-state index in [-0.39, 0.29) is 5.97 Å². The SMILES string of the molecule is CCN(CCCOc1ccccc1)CC(=O)OC. The molecule has 1 aromatic rings. The van der Waals surface area contributed by atoms with Crippen LogP contribution in [0.4, 0.5) is 0 Å². The van der Waals surface area contributed by atoms with E-state index in [2.05, 4.69) is 4.74 Å². The summed E-state index contributed by atoms with van der Waals surface area (Å²) in [4.78, 5) is 13.2. The number of hydrogen-bond acceptors (Lipinski definition) is 4. The third-order valence-electron chi connectivity index (χ3n) is 2.66. The molecule has 0 bridgehead atoms. The molecule has 0 aliphatic heterocycles. The van der Waals surface area contributed by atoms with Gasteiger partial charge in [-0.1, -0.05) is 25.1 Å². The number of rotatable bonds is 8. The summed E-state index contributed by atoms with van der Waals surface area (Å²) in [5, 5.41) is 0. The molecule has 0 aliphatic rings. The molecule has 1 aromatic carbocycles. The number of esters is 1. The van der Waals surface area contributed by atoms with Crippen LogP contribution in [0.1, 0.15) is 13.3 Å². The predicted molar refractivity (Wildman–Crippen MR) is 70.7 cm³/mol. The minimum Gasteiger partial charge on any atom is -0.494 e. The normalized spacial score (nSPS) is 10.4. The van der Waals surface area contributed by atoms with Crippen LogP contribution in [-0.4, -0.2) is 44.2 Å². The van der Waals surface area contributed by atoms with Crippen molar-refractivity contribution in [3.63, 3.8) is 0 Å². The Bertz CT molecular complexity index is 340. The molecule has 4 nitrogen and oxygen atoms in total. The molecule has 4 heteroatoms. The Balaban J connectivity index is 2.17. The molecule has 0 unspecified atom stereocenters. The van der Waals surface area contributed by atoms with Crippen LogP contribution in [0.3, 0.4) is 0 Å². The minimum atomic E-state index is -0.194. The zero-order valence-corrected chi connectivity index (χ0v) is 11.1. The number of para-hydroxylation sites is 1. The summed E-state index contributed by atoms with van der Waals surface area (Å²) in [7, 11) is 1.41. The first-order valence-corrected chi connectivity index (χ1v) is 6.23. The summed E-state index contributed by atoms with van der Waals surface area (Å²) < 4.78 is 10.2. The van der Waals surface area contributed by atoms with Crippen molar-refractivity contribution in [2.24, 2.45) is 0 Å². The average molecular weight is 251 g/mol. The van der Waals surface area contributed by atoms with E-state index in [4.69, 9.17) is 4.74 Å². The Morgan fingerprint density at radius 1 is 1.28 bits per heavy atom. The zero-order valence-electron chi connectivity index (χ0n) is 11.1. The van der Waals surface area contributed by atoms with Crippen molar-refractivity contribution < 1.29 is 14.3 Å². The topological polar surface area (TPSA) is 38.8 Å². The van der Waals surface area contributed by atoms with Crippen LogP contribution >= 0.6 is 0 Å². The molecule has 0 N–H and O–H groups in total. The lowest BCUT2D eigenvalue weighted by atomic mass is 10.3. The molecule has 0 amide bonds. The van der Waals surface area contributed by atoms with E-state index in [9.17, 15) is 4.79 Å². The summed E-state index contributed by atoms with van der Waals surface area (Å²) in [5.74, 6) is 0.689. The van der Waals surface area contributed by atoms with E-state index in [1.807, 2.05) is 42.2 Å². The Kier molecular flexibility index (Phi) is 6.87. The van der Waals surface area contributed by atoms with Gasteiger partial charge in [0.15, 0.2) is 0 Å². The first-order valence-electron chi connectivity index (χ1n) is 6.23. The average Bonchev–Trinajstić information content (AvgIpc) is 2.43. The van der Waals surface area contributed by atoms with Gasteiger partial charge in [-0.2, -0.15) is 0 Å². The fourth-order valence-corrected chi connectivity index (χ4v) is 1.59. The van der Waals surface area contributed by atoms with Crippen LogP contribution in [0.5, 0.6) is 5.75 Å². The molecule has 100 valence electrons. The number of methoxy groups -OCH3 is 1. The molecule has 1 rings (SSSR count). The molecule has 0 saturated heterocycles. The van der Waals surface area contributed by atoms with Gasteiger partial charge in [0.2, 0.25) is 0 Å². The van der Waals surface area contributed by atoms with E-state index in [0.29, 0.717) is 13.2 Å². The van der Waals surface area contributed by atoms with Crippen LogP contribution in [-0.2, 0) is 9.53 Å². The van der Waals surface area contributed by atoms with E-state index in [1.165, 1.54) is 7.11 Å². The Morgan fingerprint density at radius 2 is 2.00 bits per heavy atom. The van der Waals surface area contributed by atoms with E-state index >= 15 is 0 Å². The van der Waals surface area contributed by atoms with Gasteiger partial charge < -0.3 is 9.47 Å². The van der Waals surface area contributed by atoms with Crippen molar-refractivity contribution in [3.05, 3.63) is 30.3 Å². The minimum absolute atomic E-state index is 0.194. The molecule has 0 fully saturated rings. The number of carbonyl (C=O) groups excluding carboxylic acids is 1. The summed E-state index contributed by atoms with van der Waals surface area (Å²) in [6, 6.07) is 9.73. The molecule has 18 heavy (non-hydrogen) atoms. The monoisotopic (exact) mass is 251 g/mol. The number of nitrogens with zero attached hydrogens (tertiary/aromatic N) is 1. The number of likely N-dealkylation sites (N-methyl/N-ethyl adjacent to an activating group) is 1. The van der Waals surface area contributed by atoms with Gasteiger partial charge in [0.25, 0.3) is 0 Å². The Hall–Kier alpha value is -1.55. The fraction of sp³-hybridized carbons (Fsp3) is 0.500. The maximum absolute atomic E-state index is 11.1. The fourth-order valence-electron chi connectivity index (χ4n) is 1.59. The highest BCUT2D eigenvalue weighted by molar-refractivity contribution is 5.71. The first-order chi connectivity index (χ1) is 8.76. The highest BCUT2D eigenvalue weighted by atomic mass is 16.5. The van der Waals surface area contributed by atoms with Gasteiger partial charge in [0.1, 0.15) is 5.75 Å². The Labute approximate surface area is 108 Å². The van der Waals surface area contributed by atoms with E-state index in [0.717, 1.165) is 25.3 Å². The maximum Gasteiger partial charge on any atom is 0.319 e. The van der Waals surface area contributed by atoms with Crippen LogP contribution in [0.2, 0.25) is 0 Å². The second-order valence-electron chi connectivity index (χ2n) is 3.96. The van der Waals surface area contributed by atoms with Crippen LogP contribution in [0, 0.1) is 0 Å². The van der Waals surface area contributed by atoms with Crippen LogP contribution in [0.15, 0.2) is 30.3 Å². The standard InChI is InChI=1S/C14H21NO3/c1-3-15(12-14(16)17-2)10-7-11-18-13-8-5-4-6-9-13/h4-6,8-9H,3,7,10-12H2,1-2H3. The molecule has 0 atom stereocenters. The van der Waals surface area contributed by atoms with Gasteiger partial charge in [-0.05, 0) is 25.1 Å². The Morgan fingerprint density at radius 3 is 2.61 bits per heavy atom. The van der Waals surface area contributed by atoms with E-state index < -0.39 is 0 Å². The third kappa shape index (κ3) is 5.68. The number of hydrogen-bond donors (Lipinski definition) is 0. The number of carbonyl (C=O) groups is 1. The summed E-state index contributed by atoms with van der Waals surface area (Å²) in [6.45, 7) is 4.69. The van der Waals surface area contributed by atoms with E-state index in [1.54, 1.807) is 0 Å². The second kappa shape index (κ2) is 8.53. The zero-order chi connectivity index (χ0) is 13.2. The quantitative estimate of drug-likeness (QED) is 0.523. The lowest BCUT2D eigenvalue weighted by Crippen LogP contribution is -2.32. The van der Waals surface area contributed by atoms with Gasteiger partial charge in [0, 0.05) is 6.54 Å². The lowest BCUT2D eigenvalue weighted by Gasteiger charge is -2.18. The van der Waals surface area contributed by atoms with Crippen molar-refractivity contribution >= 4 is 5.97 Å². The van der Waals surface area contributed by atoms with Gasteiger partial charge in [-0.15, -0.1) is 0 Å². The lowest BCUT2D eigenvalue weighted by molar-refractivity contribution is -0.141. The van der Waals surface area contributed by atoms with Crippen molar-refractivity contribution in [1.82, 2.24) is 4.90 Å². The van der Waals surface area contributed by atoms with Crippen molar-refractivity contribution in [2.45, 2.75) is 13.3 Å². The van der Waals surface area contributed by atoms with Gasteiger partial charge in [-0.3, -0.25) is 9.69 Å². The van der Waals surface area contributed by atoms with Crippen molar-refractivity contribution in [2.75, 3.05) is 33.4 Å². The maximum atomic E-state index is 11.1. The molecular formula is C14H21NO3. The molecule has 0 aliphatic carbocycles. The molecule has 0 heterocycles. The molecule has 0 aromatic heterocycles. The smallest absolute Gasteiger partial charge is 0.319 e. The first kappa shape index (κ1) is 14.5. The summed E-state index contributed by atoms with van der Waals surface area (Å²) in [6.07, 6.45) is 0.889. The molecular weight excluding hydrogens is 230 g/mol. The summed E-state index contributed by atoms with van der Waals surface area (Å²) in [5.41, 5.74) is 0. The number of benzene rings is 1. The third-order valence-corrected chi connectivity index (χ3v) is 2.66. The van der Waals surface area contributed by atoms with Crippen molar-refractivity contribution in [3.8, 4) is 5.75 Å². The highest BCUT2D eigenvalue weighted by Gasteiger charge is 2.08. The van der Waals surface area contributed by atoms with Crippen LogP contribution in [0.25, 0.3) is 0 Å². The largest absolute Gasteiger partial charge is 0.494 e. The highest BCUT2D eigenvalue weighted by Crippen LogP contribution is 2.08. The number of ether oxygens (including phenoxy) is 2. The van der Waals surface area contributed by atoms with Gasteiger partial charge in [-0.25, -0.2) is 0 Å².